The lowest BCUT2D eigenvalue weighted by Gasteiger charge is -2.09. The van der Waals surface area contributed by atoms with Crippen LogP contribution in [0.2, 0.25) is 0 Å². The van der Waals surface area contributed by atoms with Crippen molar-refractivity contribution in [1.82, 2.24) is 5.32 Å². The van der Waals surface area contributed by atoms with E-state index in [9.17, 15) is 13.8 Å². The number of benzene rings is 1. The quantitative estimate of drug-likeness (QED) is 0.779. The van der Waals surface area contributed by atoms with Gasteiger partial charge in [0, 0.05) is 22.6 Å². The minimum atomic E-state index is -1.47. The molecule has 1 aromatic rings. The fourth-order valence-electron chi connectivity index (χ4n) is 1.46. The summed E-state index contributed by atoms with van der Waals surface area (Å²) in [6.45, 7) is 1.94. The lowest BCUT2D eigenvalue weighted by molar-refractivity contribution is -0.137. The Morgan fingerprint density at radius 3 is 2.53 bits per heavy atom. The first-order valence-electron chi connectivity index (χ1n) is 5.88. The number of aliphatic carboxylic acids is 1. The van der Waals surface area contributed by atoms with E-state index in [0.29, 0.717) is 6.54 Å². The van der Waals surface area contributed by atoms with Crippen LogP contribution in [0.1, 0.15) is 18.9 Å². The van der Waals surface area contributed by atoms with E-state index in [1.54, 1.807) is 6.92 Å². The van der Waals surface area contributed by atoms with E-state index in [2.05, 4.69) is 5.32 Å². The smallest absolute Gasteiger partial charge is 0.304 e. The van der Waals surface area contributed by atoms with Crippen LogP contribution in [-0.4, -0.2) is 32.2 Å². The van der Waals surface area contributed by atoms with E-state index < -0.39 is 22.0 Å². The molecule has 0 bridgehead atoms. The van der Waals surface area contributed by atoms with E-state index in [0.717, 1.165) is 5.56 Å². The number of nitrogens with one attached hydrogen (secondary N) is 1. The summed E-state index contributed by atoms with van der Waals surface area (Å²) in [6.07, 6.45) is -0.196. The first-order valence-corrected chi connectivity index (χ1v) is 7.27. The Morgan fingerprint density at radius 2 is 1.95 bits per heavy atom. The first-order chi connectivity index (χ1) is 8.99. The second-order valence-electron chi connectivity index (χ2n) is 4.20. The van der Waals surface area contributed by atoms with Gasteiger partial charge in [-0.2, -0.15) is 0 Å². The molecule has 0 aliphatic heterocycles. The lowest BCUT2D eigenvalue weighted by Crippen LogP contribution is -2.31. The normalized spacial score (nSPS) is 13.5. The Morgan fingerprint density at radius 1 is 1.32 bits per heavy atom. The van der Waals surface area contributed by atoms with Crippen LogP contribution in [0, 0.1) is 0 Å². The minimum absolute atomic E-state index is 0.165. The molecule has 0 aliphatic rings. The second-order valence-corrected chi connectivity index (χ2v) is 6.05. The average Bonchev–Trinajstić information content (AvgIpc) is 2.36. The molecule has 0 fully saturated rings. The van der Waals surface area contributed by atoms with Crippen molar-refractivity contribution < 1.29 is 18.9 Å². The maximum atomic E-state index is 11.7. The second kappa shape index (κ2) is 7.68. The van der Waals surface area contributed by atoms with Gasteiger partial charge in [-0.1, -0.05) is 37.3 Å². The highest BCUT2D eigenvalue weighted by Gasteiger charge is 2.17. The molecule has 0 aliphatic carbocycles. The molecule has 1 aromatic carbocycles. The summed E-state index contributed by atoms with van der Waals surface area (Å²) in [5.74, 6) is -1.51. The van der Waals surface area contributed by atoms with Gasteiger partial charge >= 0.3 is 5.97 Å². The molecule has 0 radical (unpaired) electrons. The third-order valence-electron chi connectivity index (χ3n) is 2.52. The minimum Gasteiger partial charge on any atom is -0.481 e. The van der Waals surface area contributed by atoms with Crippen molar-refractivity contribution >= 4 is 22.7 Å². The molecule has 1 rings (SSSR count). The van der Waals surface area contributed by atoms with Gasteiger partial charge in [0.25, 0.3) is 0 Å². The van der Waals surface area contributed by atoms with Crippen molar-refractivity contribution in [1.29, 1.82) is 0 Å². The summed E-state index contributed by atoms with van der Waals surface area (Å²) in [6, 6.07) is 9.38. The van der Waals surface area contributed by atoms with Gasteiger partial charge < -0.3 is 10.4 Å². The zero-order valence-corrected chi connectivity index (χ0v) is 11.5. The molecule has 19 heavy (non-hydrogen) atoms. The van der Waals surface area contributed by atoms with Crippen LogP contribution in [0.15, 0.2) is 30.3 Å². The summed E-state index contributed by atoms with van der Waals surface area (Å²) < 4.78 is 11.7. The third-order valence-corrected chi connectivity index (χ3v) is 4.13. The van der Waals surface area contributed by atoms with Crippen molar-refractivity contribution in [3.8, 4) is 0 Å². The monoisotopic (exact) mass is 283 g/mol. The molecule has 0 saturated carbocycles. The fourth-order valence-corrected chi connectivity index (χ4v) is 2.43. The summed E-state index contributed by atoms with van der Waals surface area (Å²) in [7, 11) is -1.47. The Kier molecular flexibility index (Phi) is 6.21. The van der Waals surface area contributed by atoms with Gasteiger partial charge in [0.05, 0.1) is 6.42 Å². The molecule has 104 valence electrons. The first kappa shape index (κ1) is 15.4. The largest absolute Gasteiger partial charge is 0.481 e. The third kappa shape index (κ3) is 6.15. The lowest BCUT2D eigenvalue weighted by atomic mass is 10.2. The molecule has 1 amide bonds. The highest BCUT2D eigenvalue weighted by atomic mass is 32.2. The van der Waals surface area contributed by atoms with Gasteiger partial charge in [-0.25, -0.2) is 0 Å². The SMILES string of the molecule is CC(CC(=O)O)S(=O)CC(=O)NCc1ccccc1. The van der Waals surface area contributed by atoms with Crippen LogP contribution in [0.3, 0.4) is 0 Å². The highest BCUT2D eigenvalue weighted by molar-refractivity contribution is 7.86. The van der Waals surface area contributed by atoms with E-state index in [1.165, 1.54) is 0 Å². The van der Waals surface area contributed by atoms with Crippen molar-refractivity contribution in [2.45, 2.75) is 25.1 Å². The molecule has 6 heteroatoms. The number of carboxylic acids is 1. The Balaban J connectivity index is 2.35. The predicted molar refractivity (Wildman–Crippen MR) is 73.0 cm³/mol. The number of hydrogen-bond acceptors (Lipinski definition) is 3. The van der Waals surface area contributed by atoms with Crippen LogP contribution in [0.25, 0.3) is 0 Å². The standard InChI is InChI=1S/C13H17NO4S/c1-10(7-13(16)17)19(18)9-12(15)14-8-11-5-3-2-4-6-11/h2-6,10H,7-9H2,1H3,(H,14,15)(H,16,17). The molecule has 0 saturated heterocycles. The van der Waals surface area contributed by atoms with Gasteiger partial charge in [-0.3, -0.25) is 13.8 Å². The number of hydrogen-bond donors (Lipinski definition) is 2. The molecule has 0 aromatic heterocycles. The van der Waals surface area contributed by atoms with Crippen molar-refractivity contribution in [3.63, 3.8) is 0 Å². The molecule has 0 spiro atoms. The molecule has 5 nitrogen and oxygen atoms in total. The van der Waals surface area contributed by atoms with Crippen LogP contribution in [0.5, 0.6) is 0 Å². The predicted octanol–water partition coefficient (Wildman–Crippen LogP) is 0.915. The van der Waals surface area contributed by atoms with Gasteiger partial charge in [-0.05, 0) is 5.56 Å². The average molecular weight is 283 g/mol. The Hall–Kier alpha value is -1.69. The molecular formula is C13H17NO4S. The van der Waals surface area contributed by atoms with Crippen LogP contribution >= 0.6 is 0 Å². The molecular weight excluding hydrogens is 266 g/mol. The Bertz CT molecular complexity index is 461. The maximum absolute atomic E-state index is 11.7. The topological polar surface area (TPSA) is 83.5 Å². The summed E-state index contributed by atoms with van der Waals surface area (Å²) >= 11 is 0. The number of carboxylic acid groups (broad SMARTS) is 1. The number of carbonyl (C=O) groups excluding carboxylic acids is 1. The van der Waals surface area contributed by atoms with E-state index >= 15 is 0 Å². The van der Waals surface area contributed by atoms with Crippen LogP contribution < -0.4 is 5.32 Å². The number of amides is 1. The molecule has 2 N–H and O–H groups in total. The van der Waals surface area contributed by atoms with Gasteiger partial charge in [0.15, 0.2) is 0 Å². The van der Waals surface area contributed by atoms with Crippen LogP contribution in [-0.2, 0) is 26.9 Å². The van der Waals surface area contributed by atoms with Gasteiger partial charge in [0.2, 0.25) is 5.91 Å². The van der Waals surface area contributed by atoms with Crippen LogP contribution in [0.4, 0.5) is 0 Å². The molecule has 2 unspecified atom stereocenters. The maximum Gasteiger partial charge on any atom is 0.304 e. The van der Waals surface area contributed by atoms with E-state index in [-0.39, 0.29) is 18.1 Å². The van der Waals surface area contributed by atoms with Gasteiger partial charge in [0.1, 0.15) is 5.75 Å². The van der Waals surface area contributed by atoms with Gasteiger partial charge in [-0.15, -0.1) is 0 Å². The number of carbonyl (C=O) groups is 2. The summed E-state index contributed by atoms with van der Waals surface area (Å²) in [5, 5.41) is 10.7. The molecule has 2 atom stereocenters. The Labute approximate surface area is 114 Å². The van der Waals surface area contributed by atoms with Crippen molar-refractivity contribution in [2.75, 3.05) is 5.75 Å². The number of rotatable bonds is 7. The highest BCUT2D eigenvalue weighted by Crippen LogP contribution is 2.02. The zero-order valence-electron chi connectivity index (χ0n) is 10.7. The zero-order chi connectivity index (χ0) is 14.3. The summed E-state index contributed by atoms with van der Waals surface area (Å²) in [4.78, 5) is 22.0. The summed E-state index contributed by atoms with van der Waals surface area (Å²) in [5.41, 5.74) is 0.959. The van der Waals surface area contributed by atoms with Crippen molar-refractivity contribution in [2.24, 2.45) is 0 Å². The van der Waals surface area contributed by atoms with E-state index in [4.69, 9.17) is 5.11 Å². The van der Waals surface area contributed by atoms with Crippen molar-refractivity contribution in [3.05, 3.63) is 35.9 Å². The molecule has 0 heterocycles. The fraction of sp³-hybridized carbons (Fsp3) is 0.385. The van der Waals surface area contributed by atoms with E-state index in [1.807, 2.05) is 30.3 Å².